The molecule has 0 radical (unpaired) electrons. The Bertz CT molecular complexity index is 269. The van der Waals surface area contributed by atoms with Gasteiger partial charge in [-0.1, -0.05) is 12.8 Å². The number of aromatic nitrogens is 2. The van der Waals surface area contributed by atoms with Gasteiger partial charge in [0.1, 0.15) is 0 Å². The number of hydrogen-bond acceptors (Lipinski definition) is 2. The molecule has 0 unspecified atom stereocenters. The quantitative estimate of drug-likeness (QED) is 0.693. The Morgan fingerprint density at radius 2 is 2.13 bits per heavy atom. The van der Waals surface area contributed by atoms with Crippen LogP contribution in [0.2, 0.25) is 0 Å². The number of nitrogens with one attached hydrogen (secondary N) is 1. The van der Waals surface area contributed by atoms with Crippen LogP contribution in [0.4, 0.5) is 0 Å². The Morgan fingerprint density at radius 1 is 1.33 bits per heavy atom. The smallest absolute Gasteiger partial charge is 0.216 e. The molecule has 1 aromatic rings. The first-order valence-corrected chi connectivity index (χ1v) is 5.49. The topological polar surface area (TPSA) is 46.9 Å². The van der Waals surface area contributed by atoms with Gasteiger partial charge in [0.2, 0.25) is 5.91 Å². The maximum atomic E-state index is 10.6. The molecule has 1 amide bonds. The van der Waals surface area contributed by atoms with Gasteiger partial charge in [-0.15, -0.1) is 0 Å². The Hall–Kier alpha value is -1.32. The highest BCUT2D eigenvalue weighted by atomic mass is 16.1. The average molecular weight is 209 g/mol. The van der Waals surface area contributed by atoms with Gasteiger partial charge in [-0.05, 0) is 12.8 Å². The van der Waals surface area contributed by atoms with E-state index in [9.17, 15) is 4.79 Å². The van der Waals surface area contributed by atoms with E-state index in [0.717, 1.165) is 19.5 Å². The molecule has 4 heteroatoms. The fraction of sp³-hybridized carbons (Fsp3) is 0.636. The highest BCUT2D eigenvalue weighted by molar-refractivity contribution is 5.72. The van der Waals surface area contributed by atoms with Crippen molar-refractivity contribution in [3.8, 4) is 0 Å². The number of carbonyl (C=O) groups excluding carboxylic acids is 1. The molecule has 0 spiro atoms. The van der Waals surface area contributed by atoms with Gasteiger partial charge in [-0.25, -0.2) is 4.98 Å². The van der Waals surface area contributed by atoms with Gasteiger partial charge in [0.15, 0.2) is 0 Å². The van der Waals surface area contributed by atoms with Crippen molar-refractivity contribution in [2.75, 3.05) is 6.54 Å². The summed E-state index contributed by atoms with van der Waals surface area (Å²) in [6.07, 6.45) is 10.3. The fourth-order valence-corrected chi connectivity index (χ4v) is 1.46. The fourth-order valence-electron chi connectivity index (χ4n) is 1.46. The number of hydrogen-bond donors (Lipinski definition) is 1. The molecule has 0 saturated carbocycles. The minimum absolute atomic E-state index is 0.0633. The zero-order valence-electron chi connectivity index (χ0n) is 9.28. The van der Waals surface area contributed by atoms with Gasteiger partial charge in [-0.3, -0.25) is 4.79 Å². The predicted octanol–water partition coefficient (Wildman–Crippen LogP) is 1.58. The van der Waals surface area contributed by atoms with Crippen molar-refractivity contribution in [2.24, 2.45) is 0 Å². The molecule has 84 valence electrons. The molecule has 1 aromatic heterocycles. The maximum absolute atomic E-state index is 10.6. The molecule has 1 N–H and O–H groups in total. The molecule has 0 aromatic carbocycles. The van der Waals surface area contributed by atoms with Crippen LogP contribution in [0.15, 0.2) is 18.7 Å². The molecule has 0 saturated heterocycles. The Morgan fingerprint density at radius 3 is 2.80 bits per heavy atom. The standard InChI is InChI=1S/C11H19N3O/c1-11(15)13-6-4-2-3-5-8-14-9-7-12-10-14/h7,9-10H,2-6,8H2,1H3,(H,13,15). The van der Waals surface area contributed by atoms with E-state index in [0.29, 0.717) is 0 Å². The second-order valence-corrected chi connectivity index (χ2v) is 3.70. The van der Waals surface area contributed by atoms with E-state index in [1.807, 2.05) is 12.5 Å². The largest absolute Gasteiger partial charge is 0.356 e. The molecule has 15 heavy (non-hydrogen) atoms. The molecule has 0 bridgehead atoms. The third-order valence-electron chi connectivity index (χ3n) is 2.28. The minimum Gasteiger partial charge on any atom is -0.356 e. The average Bonchev–Trinajstić information content (AvgIpc) is 2.68. The Balaban J connectivity index is 1.87. The van der Waals surface area contributed by atoms with E-state index in [2.05, 4.69) is 14.9 Å². The minimum atomic E-state index is 0.0633. The van der Waals surface area contributed by atoms with Crippen LogP contribution in [0.1, 0.15) is 32.6 Å². The van der Waals surface area contributed by atoms with Crippen molar-refractivity contribution < 1.29 is 4.79 Å². The van der Waals surface area contributed by atoms with Crippen molar-refractivity contribution in [1.82, 2.24) is 14.9 Å². The molecule has 0 aliphatic carbocycles. The molecular formula is C11H19N3O. The number of carbonyl (C=O) groups is 1. The van der Waals surface area contributed by atoms with E-state index < -0.39 is 0 Å². The number of imidazole rings is 1. The summed E-state index contributed by atoms with van der Waals surface area (Å²) in [5.74, 6) is 0.0633. The monoisotopic (exact) mass is 209 g/mol. The normalized spacial score (nSPS) is 10.2. The predicted molar refractivity (Wildman–Crippen MR) is 59.4 cm³/mol. The lowest BCUT2D eigenvalue weighted by Crippen LogP contribution is -2.20. The zero-order chi connectivity index (χ0) is 10.9. The van der Waals surface area contributed by atoms with E-state index in [1.165, 1.54) is 19.3 Å². The third-order valence-corrected chi connectivity index (χ3v) is 2.28. The SMILES string of the molecule is CC(=O)NCCCCCCn1ccnc1. The maximum Gasteiger partial charge on any atom is 0.216 e. The first kappa shape index (κ1) is 11.8. The van der Waals surface area contributed by atoms with Crippen LogP contribution in [0.25, 0.3) is 0 Å². The summed E-state index contributed by atoms with van der Waals surface area (Å²) in [6.45, 7) is 3.40. The Labute approximate surface area is 90.7 Å². The number of nitrogens with zero attached hydrogens (tertiary/aromatic N) is 2. The van der Waals surface area contributed by atoms with Gasteiger partial charge in [0, 0.05) is 32.4 Å². The molecule has 4 nitrogen and oxygen atoms in total. The summed E-state index contributed by atoms with van der Waals surface area (Å²) in [5.41, 5.74) is 0. The summed E-state index contributed by atoms with van der Waals surface area (Å²) in [4.78, 5) is 14.6. The Kier molecular flexibility index (Phi) is 5.51. The lowest BCUT2D eigenvalue weighted by molar-refractivity contribution is -0.118. The van der Waals surface area contributed by atoms with Gasteiger partial charge in [0.05, 0.1) is 6.33 Å². The van der Waals surface area contributed by atoms with Crippen molar-refractivity contribution in [3.05, 3.63) is 18.7 Å². The van der Waals surface area contributed by atoms with Crippen LogP contribution in [0.3, 0.4) is 0 Å². The molecule has 1 rings (SSSR count). The van der Waals surface area contributed by atoms with Gasteiger partial charge < -0.3 is 9.88 Å². The van der Waals surface area contributed by atoms with Crippen LogP contribution >= 0.6 is 0 Å². The van der Waals surface area contributed by atoms with E-state index >= 15 is 0 Å². The molecular weight excluding hydrogens is 190 g/mol. The van der Waals surface area contributed by atoms with Crippen molar-refractivity contribution in [2.45, 2.75) is 39.2 Å². The first-order chi connectivity index (χ1) is 7.29. The second kappa shape index (κ2) is 7.04. The summed E-state index contributed by atoms with van der Waals surface area (Å²) >= 11 is 0. The number of rotatable bonds is 7. The lowest BCUT2D eigenvalue weighted by Gasteiger charge is -2.03. The molecule has 0 atom stereocenters. The van der Waals surface area contributed by atoms with Gasteiger partial charge >= 0.3 is 0 Å². The summed E-state index contributed by atoms with van der Waals surface area (Å²) in [6, 6.07) is 0. The molecule has 0 aliphatic rings. The van der Waals surface area contributed by atoms with Gasteiger partial charge in [0.25, 0.3) is 0 Å². The van der Waals surface area contributed by atoms with Crippen molar-refractivity contribution in [1.29, 1.82) is 0 Å². The third kappa shape index (κ3) is 5.88. The highest BCUT2D eigenvalue weighted by Gasteiger charge is 1.93. The number of aryl methyl sites for hydroxylation is 1. The van der Waals surface area contributed by atoms with Gasteiger partial charge in [-0.2, -0.15) is 0 Å². The zero-order valence-corrected chi connectivity index (χ0v) is 9.28. The van der Waals surface area contributed by atoms with Crippen LogP contribution in [0, 0.1) is 0 Å². The van der Waals surface area contributed by atoms with Crippen LogP contribution in [-0.4, -0.2) is 22.0 Å². The number of unbranched alkanes of at least 4 members (excludes halogenated alkanes) is 3. The van der Waals surface area contributed by atoms with Crippen LogP contribution in [-0.2, 0) is 11.3 Å². The summed E-state index contributed by atoms with van der Waals surface area (Å²) in [7, 11) is 0. The summed E-state index contributed by atoms with van der Waals surface area (Å²) < 4.78 is 2.09. The number of amides is 1. The van der Waals surface area contributed by atoms with E-state index in [1.54, 1.807) is 13.1 Å². The molecule has 0 fully saturated rings. The van der Waals surface area contributed by atoms with Crippen molar-refractivity contribution >= 4 is 5.91 Å². The highest BCUT2D eigenvalue weighted by Crippen LogP contribution is 2.01. The van der Waals surface area contributed by atoms with Crippen molar-refractivity contribution in [3.63, 3.8) is 0 Å². The van der Waals surface area contributed by atoms with E-state index in [4.69, 9.17) is 0 Å². The van der Waals surface area contributed by atoms with E-state index in [-0.39, 0.29) is 5.91 Å². The van der Waals surface area contributed by atoms with Crippen LogP contribution < -0.4 is 5.32 Å². The second-order valence-electron chi connectivity index (χ2n) is 3.70. The first-order valence-electron chi connectivity index (χ1n) is 5.49. The lowest BCUT2D eigenvalue weighted by atomic mass is 10.2. The van der Waals surface area contributed by atoms with Crippen LogP contribution in [0.5, 0.6) is 0 Å². The summed E-state index contributed by atoms with van der Waals surface area (Å²) in [5, 5.41) is 2.80. The molecule has 0 aliphatic heterocycles. The molecule has 1 heterocycles.